The predicted octanol–water partition coefficient (Wildman–Crippen LogP) is -1.06. The third-order valence-corrected chi connectivity index (χ3v) is 8.47. The summed E-state index contributed by atoms with van der Waals surface area (Å²) in [6, 6.07) is 13.9. The smallest absolute Gasteiger partial charge is 0.243 e. The number of aliphatic imine (C=N–C) groups is 2. The average Bonchev–Trinajstić information content (AvgIpc) is 3.12. The van der Waals surface area contributed by atoms with Crippen LogP contribution in [0.1, 0.15) is 36.8 Å². The van der Waals surface area contributed by atoms with Crippen molar-refractivity contribution in [2.24, 2.45) is 32.9 Å². The van der Waals surface area contributed by atoms with Crippen LogP contribution in [0.5, 0.6) is 0 Å². The van der Waals surface area contributed by atoms with Gasteiger partial charge in [-0.15, -0.1) is 0 Å². The number of carbonyl (C=O) groups excluding carboxylic acids is 5. The normalized spacial score (nSPS) is 20.1. The fraction of sp³-hybridized carbons (Fsp3) is 0.361. The van der Waals surface area contributed by atoms with Gasteiger partial charge in [-0.25, -0.2) is 4.39 Å². The number of benzene rings is 3. The minimum absolute atomic E-state index is 0.0541. The molecule has 4 atom stereocenters. The van der Waals surface area contributed by atoms with Gasteiger partial charge >= 0.3 is 0 Å². The Morgan fingerprint density at radius 2 is 1.09 bits per heavy atom. The number of carbonyl (C=O) groups is 5. The number of nitrogens with zero attached hydrogens (tertiary/aromatic N) is 2. The minimum Gasteiger partial charge on any atom is -0.370 e. The SMILES string of the molecule is NC(N)=NCCC[C@@H]1NC(=O)[C@@H](CCCN=C(N)N)NC(=O)[C@H](Cc2ccc(F)cc2)NC(=O)CNC(=O)[C@H](Cc2ccc3ccccc3c2)NC1=O. The van der Waals surface area contributed by atoms with Crippen LogP contribution in [-0.2, 0) is 36.8 Å². The highest BCUT2D eigenvalue weighted by molar-refractivity contribution is 5.97. The number of hydrogen-bond donors (Lipinski definition) is 9. The molecule has 0 unspecified atom stereocenters. The summed E-state index contributed by atoms with van der Waals surface area (Å²) in [5.74, 6) is -4.27. The van der Waals surface area contributed by atoms with Gasteiger partial charge < -0.3 is 49.5 Å². The Morgan fingerprint density at radius 3 is 1.68 bits per heavy atom. The molecular formula is C36H46FN11O5. The minimum atomic E-state index is -1.23. The van der Waals surface area contributed by atoms with Crippen LogP contribution in [0.25, 0.3) is 10.8 Å². The quantitative estimate of drug-likeness (QED) is 0.0623. The molecule has 0 radical (unpaired) electrons. The van der Waals surface area contributed by atoms with Gasteiger partial charge in [0, 0.05) is 25.9 Å². The molecule has 1 aliphatic heterocycles. The fourth-order valence-electron chi connectivity index (χ4n) is 5.77. The van der Waals surface area contributed by atoms with Gasteiger partial charge in [-0.2, -0.15) is 0 Å². The Balaban J connectivity index is 1.68. The third-order valence-electron chi connectivity index (χ3n) is 8.47. The molecule has 13 N–H and O–H groups in total. The first-order valence-electron chi connectivity index (χ1n) is 17.2. The Bertz CT molecular complexity index is 1830. The summed E-state index contributed by atoms with van der Waals surface area (Å²) in [6.45, 7) is -0.234. The summed E-state index contributed by atoms with van der Waals surface area (Å²) in [5.41, 5.74) is 23.1. The van der Waals surface area contributed by atoms with Crippen molar-refractivity contribution in [1.29, 1.82) is 0 Å². The summed E-state index contributed by atoms with van der Waals surface area (Å²) in [4.78, 5) is 76.3. The maximum atomic E-state index is 13.9. The highest BCUT2D eigenvalue weighted by Gasteiger charge is 2.32. The molecule has 1 fully saturated rings. The van der Waals surface area contributed by atoms with Crippen LogP contribution in [0.15, 0.2) is 76.7 Å². The van der Waals surface area contributed by atoms with E-state index in [0.717, 1.165) is 16.3 Å². The van der Waals surface area contributed by atoms with Crippen LogP contribution in [0.4, 0.5) is 4.39 Å². The van der Waals surface area contributed by atoms with E-state index >= 15 is 0 Å². The lowest BCUT2D eigenvalue weighted by Gasteiger charge is -2.26. The Kier molecular flexibility index (Phi) is 14.4. The summed E-state index contributed by atoms with van der Waals surface area (Å²) in [7, 11) is 0. The molecule has 1 aliphatic rings. The summed E-state index contributed by atoms with van der Waals surface area (Å²) < 4.78 is 13.7. The molecule has 0 aromatic heterocycles. The first kappa shape index (κ1) is 39.5. The van der Waals surface area contributed by atoms with Crippen molar-refractivity contribution >= 4 is 52.2 Å². The standard InChI is InChI=1S/C36H46FN11O5/c37-25-13-10-21(11-14-25)18-29-34(53)47-26(7-3-15-42-35(38)39)32(51)46-27(8-4-16-43-36(40)41)33(52)48-28(31(50)44-20-30(49)45-29)19-22-9-12-23-5-1-2-6-24(23)17-22/h1-2,5-6,9-14,17,26-29H,3-4,7-8,15-16,18-20H2,(H,44,50)(H,45,49)(H,46,51)(H,47,53)(H,48,52)(H4,38,39,42)(H4,40,41,43)/t26-,27+,28+,29+/m1/s1. The van der Waals surface area contributed by atoms with E-state index in [-0.39, 0.29) is 63.5 Å². The zero-order chi connectivity index (χ0) is 38.3. The Morgan fingerprint density at radius 1 is 0.604 bits per heavy atom. The van der Waals surface area contributed by atoms with E-state index < -0.39 is 66.1 Å². The molecule has 17 heteroatoms. The van der Waals surface area contributed by atoms with E-state index in [2.05, 4.69) is 36.6 Å². The van der Waals surface area contributed by atoms with Crippen LogP contribution >= 0.6 is 0 Å². The number of guanidine groups is 2. The lowest BCUT2D eigenvalue weighted by atomic mass is 10.0. The highest BCUT2D eigenvalue weighted by Crippen LogP contribution is 2.17. The van der Waals surface area contributed by atoms with Gasteiger partial charge in [0.15, 0.2) is 11.9 Å². The van der Waals surface area contributed by atoms with Crippen molar-refractivity contribution in [1.82, 2.24) is 26.6 Å². The first-order valence-corrected chi connectivity index (χ1v) is 17.2. The van der Waals surface area contributed by atoms with Crippen LogP contribution in [0.2, 0.25) is 0 Å². The van der Waals surface area contributed by atoms with E-state index in [1.54, 1.807) is 0 Å². The highest BCUT2D eigenvalue weighted by atomic mass is 19.1. The maximum absolute atomic E-state index is 13.9. The largest absolute Gasteiger partial charge is 0.370 e. The van der Waals surface area contributed by atoms with Crippen molar-refractivity contribution in [2.45, 2.75) is 62.7 Å². The fourth-order valence-corrected chi connectivity index (χ4v) is 5.77. The number of nitrogens with two attached hydrogens (primary N) is 4. The molecular weight excluding hydrogens is 685 g/mol. The Labute approximate surface area is 305 Å². The number of amides is 5. The van der Waals surface area contributed by atoms with Gasteiger partial charge in [0.2, 0.25) is 29.5 Å². The Hall–Kier alpha value is -6.26. The molecule has 5 amide bonds. The van der Waals surface area contributed by atoms with Crippen molar-refractivity contribution < 1.29 is 28.4 Å². The summed E-state index contributed by atoms with van der Waals surface area (Å²) in [5, 5.41) is 15.3. The van der Waals surface area contributed by atoms with Crippen LogP contribution in [0.3, 0.4) is 0 Å². The first-order chi connectivity index (χ1) is 25.4. The molecule has 1 saturated heterocycles. The number of nitrogens with one attached hydrogen (secondary N) is 5. The average molecular weight is 732 g/mol. The molecule has 282 valence electrons. The molecule has 0 bridgehead atoms. The number of rotatable bonds is 12. The summed E-state index contributed by atoms with van der Waals surface area (Å²) in [6.07, 6.45) is 0.654. The zero-order valence-corrected chi connectivity index (χ0v) is 29.1. The van der Waals surface area contributed by atoms with Crippen LogP contribution < -0.4 is 49.5 Å². The molecule has 16 nitrogen and oxygen atoms in total. The third kappa shape index (κ3) is 12.8. The van der Waals surface area contributed by atoms with Crippen molar-refractivity contribution in [3.63, 3.8) is 0 Å². The van der Waals surface area contributed by atoms with E-state index in [9.17, 15) is 28.4 Å². The monoisotopic (exact) mass is 731 g/mol. The molecule has 1 heterocycles. The van der Waals surface area contributed by atoms with Gasteiger partial charge in [0.05, 0.1) is 6.54 Å². The second-order valence-electron chi connectivity index (χ2n) is 12.6. The molecule has 3 aromatic rings. The lowest BCUT2D eigenvalue weighted by Crippen LogP contribution is -2.58. The molecule has 3 aromatic carbocycles. The van der Waals surface area contributed by atoms with Gasteiger partial charge in [-0.3, -0.25) is 34.0 Å². The molecule has 0 saturated carbocycles. The summed E-state index contributed by atoms with van der Waals surface area (Å²) >= 11 is 0. The van der Waals surface area contributed by atoms with Crippen molar-refractivity contribution in [3.8, 4) is 0 Å². The van der Waals surface area contributed by atoms with E-state index in [1.165, 1.54) is 24.3 Å². The zero-order valence-electron chi connectivity index (χ0n) is 29.1. The van der Waals surface area contributed by atoms with E-state index in [4.69, 9.17) is 22.9 Å². The lowest BCUT2D eigenvalue weighted by molar-refractivity contribution is -0.134. The molecule has 0 aliphatic carbocycles. The number of halogens is 1. The predicted molar refractivity (Wildman–Crippen MR) is 198 cm³/mol. The van der Waals surface area contributed by atoms with E-state index in [1.807, 2.05) is 42.5 Å². The number of hydrogen-bond acceptors (Lipinski definition) is 7. The molecule has 0 spiro atoms. The van der Waals surface area contributed by atoms with Gasteiger partial charge in [0.1, 0.15) is 30.0 Å². The topological polar surface area (TPSA) is 274 Å². The van der Waals surface area contributed by atoms with Gasteiger partial charge in [0.25, 0.3) is 0 Å². The molecule has 4 rings (SSSR count). The van der Waals surface area contributed by atoms with Gasteiger partial charge in [-0.05, 0) is 59.7 Å². The second kappa shape index (κ2) is 19.4. The van der Waals surface area contributed by atoms with Crippen LogP contribution in [0, 0.1) is 5.82 Å². The van der Waals surface area contributed by atoms with Crippen molar-refractivity contribution in [3.05, 3.63) is 83.7 Å². The van der Waals surface area contributed by atoms with Crippen LogP contribution in [-0.4, -0.2) is 85.3 Å². The number of fused-ring (bicyclic) bond motifs is 1. The van der Waals surface area contributed by atoms with E-state index in [0.29, 0.717) is 5.56 Å². The van der Waals surface area contributed by atoms with Gasteiger partial charge in [-0.1, -0.05) is 54.6 Å². The second-order valence-corrected chi connectivity index (χ2v) is 12.6. The van der Waals surface area contributed by atoms with Crippen molar-refractivity contribution in [2.75, 3.05) is 19.6 Å². The maximum Gasteiger partial charge on any atom is 0.243 e. The molecule has 53 heavy (non-hydrogen) atoms.